The van der Waals surface area contributed by atoms with E-state index in [9.17, 15) is 14.7 Å². The number of hydrogen-bond donors (Lipinski definition) is 2. The molecule has 1 fully saturated rings. The van der Waals surface area contributed by atoms with Gasteiger partial charge in [-0.05, 0) is 115 Å². The predicted octanol–water partition coefficient (Wildman–Crippen LogP) is 7.38. The number of phenolic OH excluding ortho intramolecular Hbond substituents is 1. The highest BCUT2D eigenvalue weighted by molar-refractivity contribution is 6.05. The number of rotatable bonds is 12. The van der Waals surface area contributed by atoms with E-state index < -0.39 is 11.5 Å². The Morgan fingerprint density at radius 3 is 2.63 bits per heavy atom. The lowest BCUT2D eigenvalue weighted by Crippen LogP contribution is -2.34. The molecule has 2 aromatic carbocycles. The second kappa shape index (κ2) is 14.4. The van der Waals surface area contributed by atoms with Crippen molar-refractivity contribution < 1.29 is 19.1 Å². The number of hydrogen-bond acceptors (Lipinski definition) is 6. The monoisotopic (exact) mass is 560 g/mol. The molecule has 0 spiro atoms. The van der Waals surface area contributed by atoms with Crippen LogP contribution in [-0.4, -0.2) is 42.2 Å². The Morgan fingerprint density at radius 1 is 1.10 bits per heavy atom. The average molecular weight is 561 g/mol. The second-order valence-electron chi connectivity index (χ2n) is 11.5. The Labute approximate surface area is 243 Å². The summed E-state index contributed by atoms with van der Waals surface area (Å²) in [6.45, 7) is 7.57. The van der Waals surface area contributed by atoms with Gasteiger partial charge < -0.3 is 24.5 Å². The van der Waals surface area contributed by atoms with Crippen molar-refractivity contribution in [3.63, 3.8) is 0 Å². The van der Waals surface area contributed by atoms with Gasteiger partial charge in [0, 0.05) is 22.6 Å². The lowest BCUT2D eigenvalue weighted by atomic mass is 9.94. The summed E-state index contributed by atoms with van der Waals surface area (Å²) in [5.74, 6) is 0.376. The number of anilines is 1. The van der Waals surface area contributed by atoms with E-state index in [-0.39, 0.29) is 11.4 Å². The molecule has 7 nitrogen and oxygen atoms in total. The van der Waals surface area contributed by atoms with Crippen LogP contribution in [0.2, 0.25) is 0 Å². The molecule has 7 heteroatoms. The molecule has 1 saturated carbocycles. The lowest BCUT2D eigenvalue weighted by molar-refractivity contribution is 0.102. The number of carbonyl (C=O) groups excluding carboxylic acids is 1. The minimum absolute atomic E-state index is 0.0627. The Balaban J connectivity index is 1.33. The molecule has 41 heavy (non-hydrogen) atoms. The molecule has 3 aromatic rings. The summed E-state index contributed by atoms with van der Waals surface area (Å²) < 4.78 is 11.7. The molecular formula is C34H44N2O5. The summed E-state index contributed by atoms with van der Waals surface area (Å²) in [4.78, 5) is 28.2. The molecule has 220 valence electrons. The van der Waals surface area contributed by atoms with Crippen LogP contribution < -0.4 is 15.7 Å². The van der Waals surface area contributed by atoms with E-state index in [1.54, 1.807) is 12.1 Å². The van der Waals surface area contributed by atoms with Crippen molar-refractivity contribution in [3.8, 4) is 11.5 Å². The number of aromatic hydroxyl groups is 1. The third-order valence-electron chi connectivity index (χ3n) is 8.03. The van der Waals surface area contributed by atoms with Crippen LogP contribution in [0.4, 0.5) is 5.69 Å². The number of nitrogens with one attached hydrogen (secondary N) is 1. The minimum Gasteiger partial charge on any atom is -0.508 e. The quantitative estimate of drug-likeness (QED) is 0.136. The van der Waals surface area contributed by atoms with Crippen molar-refractivity contribution in [1.29, 1.82) is 0 Å². The van der Waals surface area contributed by atoms with Gasteiger partial charge in [-0.1, -0.05) is 30.9 Å². The maximum atomic E-state index is 12.9. The van der Waals surface area contributed by atoms with E-state index in [1.165, 1.54) is 44.2 Å². The zero-order valence-corrected chi connectivity index (χ0v) is 24.9. The van der Waals surface area contributed by atoms with Gasteiger partial charge in [0.1, 0.15) is 22.8 Å². The van der Waals surface area contributed by atoms with Crippen LogP contribution in [0.3, 0.4) is 0 Å². The number of benzene rings is 2. The average Bonchev–Trinajstić information content (AvgIpc) is 2.96. The van der Waals surface area contributed by atoms with Gasteiger partial charge in [-0.15, -0.1) is 0 Å². The largest absolute Gasteiger partial charge is 0.508 e. The van der Waals surface area contributed by atoms with Crippen LogP contribution >= 0.6 is 0 Å². The second-order valence-corrected chi connectivity index (χ2v) is 11.5. The number of nitrogens with zero attached hydrogens (tertiary/aromatic N) is 1. The van der Waals surface area contributed by atoms with E-state index in [2.05, 4.69) is 17.3 Å². The van der Waals surface area contributed by atoms with Gasteiger partial charge in [-0.3, -0.25) is 4.79 Å². The SMILES string of the molecule is CC(C)=CCc1cc(C(=O)Nc2cc3ccc(OCCCCCN(C)C4CCCCC4)c(C)c3oc2=O)ccc1O. The molecule has 1 aliphatic rings. The third-order valence-corrected chi connectivity index (χ3v) is 8.03. The van der Waals surface area contributed by atoms with Crippen LogP contribution in [0.25, 0.3) is 11.0 Å². The molecule has 0 radical (unpaired) electrons. The van der Waals surface area contributed by atoms with Crippen molar-refractivity contribution in [3.05, 3.63) is 75.2 Å². The molecule has 1 aromatic heterocycles. The number of ether oxygens (including phenoxy) is 1. The number of amides is 1. The van der Waals surface area contributed by atoms with Gasteiger partial charge >= 0.3 is 5.63 Å². The summed E-state index contributed by atoms with van der Waals surface area (Å²) in [7, 11) is 2.26. The summed E-state index contributed by atoms with van der Waals surface area (Å²) in [6.07, 6.45) is 12.5. The van der Waals surface area contributed by atoms with Gasteiger partial charge in [0.25, 0.3) is 5.91 Å². The van der Waals surface area contributed by atoms with Gasteiger partial charge in [-0.2, -0.15) is 0 Å². The standard InChI is InChI=1S/C34H44N2O5/c1-23(2)13-14-25-21-27(15-17-30(25)37)33(38)35-29-22-26-16-18-31(24(3)32(26)41-34(29)39)40-20-10-6-9-19-36(4)28-11-7-5-8-12-28/h13,15-18,21-22,28,37H,5-12,14,19-20H2,1-4H3,(H,35,38). The van der Waals surface area contributed by atoms with E-state index >= 15 is 0 Å². The molecule has 0 saturated heterocycles. The Morgan fingerprint density at radius 2 is 1.88 bits per heavy atom. The zero-order valence-electron chi connectivity index (χ0n) is 24.9. The smallest absolute Gasteiger partial charge is 0.360 e. The highest BCUT2D eigenvalue weighted by atomic mass is 16.5. The molecule has 4 rings (SSSR count). The number of unbranched alkanes of at least 4 members (excludes halogenated alkanes) is 2. The fraction of sp³-hybridized carbons (Fsp3) is 0.471. The summed E-state index contributed by atoms with van der Waals surface area (Å²) in [5.41, 5.74) is 2.75. The van der Waals surface area contributed by atoms with Crippen LogP contribution in [0.1, 0.15) is 86.7 Å². The predicted molar refractivity (Wildman–Crippen MR) is 165 cm³/mol. The van der Waals surface area contributed by atoms with Crippen molar-refractivity contribution >= 4 is 22.6 Å². The summed E-state index contributed by atoms with van der Waals surface area (Å²) in [6, 6.07) is 10.8. The Bertz CT molecular complexity index is 1430. The van der Waals surface area contributed by atoms with E-state index in [1.807, 2.05) is 39.0 Å². The molecule has 1 aliphatic carbocycles. The zero-order chi connectivity index (χ0) is 29.4. The first-order chi connectivity index (χ1) is 19.7. The maximum Gasteiger partial charge on any atom is 0.360 e. The molecule has 2 N–H and O–H groups in total. The first kappa shape index (κ1) is 30.4. The number of carbonyl (C=O) groups is 1. The topological polar surface area (TPSA) is 92.0 Å². The molecule has 0 unspecified atom stereocenters. The number of aryl methyl sites for hydroxylation is 1. The van der Waals surface area contributed by atoms with E-state index in [4.69, 9.17) is 9.15 Å². The van der Waals surface area contributed by atoms with Crippen molar-refractivity contribution in [1.82, 2.24) is 4.90 Å². The van der Waals surface area contributed by atoms with Crippen LogP contribution in [0.15, 0.2) is 57.3 Å². The highest BCUT2D eigenvalue weighted by Gasteiger charge is 2.18. The van der Waals surface area contributed by atoms with Gasteiger partial charge in [-0.25, -0.2) is 4.79 Å². The van der Waals surface area contributed by atoms with Crippen LogP contribution in [0.5, 0.6) is 11.5 Å². The molecule has 0 aliphatic heterocycles. The summed E-state index contributed by atoms with van der Waals surface area (Å²) >= 11 is 0. The lowest BCUT2D eigenvalue weighted by Gasteiger charge is -2.31. The highest BCUT2D eigenvalue weighted by Crippen LogP contribution is 2.28. The fourth-order valence-electron chi connectivity index (χ4n) is 5.47. The van der Waals surface area contributed by atoms with Crippen molar-refractivity contribution in [2.75, 3.05) is 25.5 Å². The van der Waals surface area contributed by atoms with E-state index in [0.29, 0.717) is 40.9 Å². The van der Waals surface area contributed by atoms with Crippen LogP contribution in [-0.2, 0) is 6.42 Å². The molecular weight excluding hydrogens is 516 g/mol. The maximum absolute atomic E-state index is 12.9. The molecule has 1 heterocycles. The summed E-state index contributed by atoms with van der Waals surface area (Å²) in [5, 5.41) is 13.5. The minimum atomic E-state index is -0.628. The van der Waals surface area contributed by atoms with Crippen LogP contribution in [0, 0.1) is 6.92 Å². The van der Waals surface area contributed by atoms with Crippen molar-refractivity contribution in [2.24, 2.45) is 0 Å². The number of fused-ring (bicyclic) bond motifs is 1. The molecule has 0 bridgehead atoms. The van der Waals surface area contributed by atoms with E-state index in [0.717, 1.165) is 43.0 Å². The van der Waals surface area contributed by atoms with Gasteiger partial charge in [0.05, 0.1) is 6.61 Å². The van der Waals surface area contributed by atoms with Crippen molar-refractivity contribution in [2.45, 2.75) is 84.6 Å². The fourth-order valence-corrected chi connectivity index (χ4v) is 5.47. The third kappa shape index (κ3) is 8.23. The van der Waals surface area contributed by atoms with Gasteiger partial charge in [0.15, 0.2) is 0 Å². The number of phenols is 1. The first-order valence-electron chi connectivity index (χ1n) is 14.9. The Hall–Kier alpha value is -3.58. The van der Waals surface area contributed by atoms with Gasteiger partial charge in [0.2, 0.25) is 0 Å². The first-order valence-corrected chi connectivity index (χ1v) is 14.9. The molecule has 1 amide bonds. The normalized spacial score (nSPS) is 13.9. The number of allylic oxidation sites excluding steroid dienone is 2. The molecule has 0 atom stereocenters. The Kier molecular flexibility index (Phi) is 10.6.